The first-order valence-electron chi connectivity index (χ1n) is 7.37. The number of rotatable bonds is 2. The van der Waals surface area contributed by atoms with E-state index in [4.69, 9.17) is 5.26 Å². The molecule has 0 unspecified atom stereocenters. The Morgan fingerprint density at radius 1 is 1.04 bits per heavy atom. The summed E-state index contributed by atoms with van der Waals surface area (Å²) in [5.41, 5.74) is 4.73. The zero-order valence-corrected chi connectivity index (χ0v) is 13.0. The number of aromatic hydroxyl groups is 1. The summed E-state index contributed by atoms with van der Waals surface area (Å²) < 4.78 is 0. The SMILES string of the molecule is Cc1cc(C)c2ccc(C=Cc3ccccc3C#N)nc2c1O. The number of hydrogen-bond donors (Lipinski definition) is 1. The Morgan fingerprint density at radius 3 is 2.61 bits per heavy atom. The van der Waals surface area contributed by atoms with E-state index in [1.54, 1.807) is 6.07 Å². The molecule has 0 atom stereocenters. The molecule has 0 spiro atoms. The topological polar surface area (TPSA) is 56.9 Å². The Balaban J connectivity index is 2.06. The van der Waals surface area contributed by atoms with Crippen LogP contribution in [0.15, 0.2) is 42.5 Å². The maximum absolute atomic E-state index is 10.2. The highest BCUT2D eigenvalue weighted by Gasteiger charge is 2.08. The smallest absolute Gasteiger partial charge is 0.144 e. The third-order valence-corrected chi connectivity index (χ3v) is 3.89. The van der Waals surface area contributed by atoms with Crippen molar-refractivity contribution in [2.75, 3.05) is 0 Å². The fourth-order valence-electron chi connectivity index (χ4n) is 2.64. The minimum absolute atomic E-state index is 0.221. The molecule has 0 aliphatic carbocycles. The van der Waals surface area contributed by atoms with Gasteiger partial charge in [-0.1, -0.05) is 36.4 Å². The van der Waals surface area contributed by atoms with E-state index >= 15 is 0 Å². The van der Waals surface area contributed by atoms with Gasteiger partial charge in [0.1, 0.15) is 11.3 Å². The van der Waals surface area contributed by atoms with Gasteiger partial charge in [-0.25, -0.2) is 4.98 Å². The average Bonchev–Trinajstić information content (AvgIpc) is 2.58. The van der Waals surface area contributed by atoms with Crippen molar-refractivity contribution in [3.8, 4) is 11.8 Å². The van der Waals surface area contributed by atoms with Crippen molar-refractivity contribution in [1.29, 1.82) is 5.26 Å². The van der Waals surface area contributed by atoms with E-state index in [2.05, 4.69) is 11.1 Å². The van der Waals surface area contributed by atoms with Crippen LogP contribution in [0.2, 0.25) is 0 Å². The van der Waals surface area contributed by atoms with Crippen molar-refractivity contribution in [2.45, 2.75) is 13.8 Å². The lowest BCUT2D eigenvalue weighted by Gasteiger charge is -2.08. The lowest BCUT2D eigenvalue weighted by Crippen LogP contribution is -1.89. The second-order valence-corrected chi connectivity index (χ2v) is 5.52. The van der Waals surface area contributed by atoms with Gasteiger partial charge in [0.15, 0.2) is 0 Å². The lowest BCUT2D eigenvalue weighted by molar-refractivity contribution is 0.476. The highest BCUT2D eigenvalue weighted by atomic mass is 16.3. The number of nitriles is 1. The van der Waals surface area contributed by atoms with Crippen LogP contribution in [0.4, 0.5) is 0 Å². The minimum atomic E-state index is 0.221. The summed E-state index contributed by atoms with van der Waals surface area (Å²) in [6, 6.07) is 15.4. The van der Waals surface area contributed by atoms with Gasteiger partial charge in [-0.3, -0.25) is 0 Å². The fourth-order valence-corrected chi connectivity index (χ4v) is 2.64. The molecule has 1 aromatic heterocycles. The molecule has 0 radical (unpaired) electrons. The number of nitrogens with zero attached hydrogens (tertiary/aromatic N) is 2. The van der Waals surface area contributed by atoms with Gasteiger partial charge in [0.2, 0.25) is 0 Å². The molecule has 3 heteroatoms. The molecular formula is C20H16N2O. The first-order valence-corrected chi connectivity index (χ1v) is 7.37. The molecule has 0 saturated heterocycles. The lowest BCUT2D eigenvalue weighted by atomic mass is 10.0. The highest BCUT2D eigenvalue weighted by molar-refractivity contribution is 5.89. The van der Waals surface area contributed by atoms with Gasteiger partial charge in [0, 0.05) is 5.39 Å². The maximum atomic E-state index is 10.2. The monoisotopic (exact) mass is 300 g/mol. The predicted octanol–water partition coefficient (Wildman–Crippen LogP) is 4.60. The average molecular weight is 300 g/mol. The van der Waals surface area contributed by atoms with Crippen LogP contribution in [0.1, 0.15) is 27.9 Å². The molecule has 0 bridgehead atoms. The molecule has 0 fully saturated rings. The summed E-state index contributed by atoms with van der Waals surface area (Å²) in [5, 5.41) is 20.3. The van der Waals surface area contributed by atoms with Crippen LogP contribution in [0.25, 0.3) is 23.1 Å². The predicted molar refractivity (Wildman–Crippen MR) is 93.0 cm³/mol. The van der Waals surface area contributed by atoms with Gasteiger partial charge < -0.3 is 5.11 Å². The Kier molecular flexibility index (Phi) is 3.82. The molecule has 0 aliphatic heterocycles. The Labute approximate surface area is 135 Å². The van der Waals surface area contributed by atoms with Gasteiger partial charge in [0.25, 0.3) is 0 Å². The molecule has 0 aliphatic rings. The van der Waals surface area contributed by atoms with Crippen LogP contribution in [0.3, 0.4) is 0 Å². The van der Waals surface area contributed by atoms with E-state index in [1.165, 1.54) is 0 Å². The van der Waals surface area contributed by atoms with Gasteiger partial charge in [-0.15, -0.1) is 0 Å². The first-order chi connectivity index (χ1) is 11.1. The Hall–Kier alpha value is -3.12. The van der Waals surface area contributed by atoms with Gasteiger partial charge in [-0.05, 0) is 48.7 Å². The third kappa shape index (κ3) is 2.79. The number of fused-ring (bicyclic) bond motifs is 1. The second kappa shape index (κ2) is 5.94. The van der Waals surface area contributed by atoms with Crippen molar-refractivity contribution in [3.05, 3.63) is 70.4 Å². The molecule has 3 nitrogen and oxygen atoms in total. The van der Waals surface area contributed by atoms with Crippen LogP contribution in [0.5, 0.6) is 5.75 Å². The highest BCUT2D eigenvalue weighted by Crippen LogP contribution is 2.30. The fraction of sp³-hybridized carbons (Fsp3) is 0.100. The van der Waals surface area contributed by atoms with E-state index in [0.29, 0.717) is 11.1 Å². The van der Waals surface area contributed by atoms with Crippen LogP contribution >= 0.6 is 0 Å². The maximum Gasteiger partial charge on any atom is 0.144 e. The zero-order valence-electron chi connectivity index (χ0n) is 13.0. The summed E-state index contributed by atoms with van der Waals surface area (Å²) in [6.07, 6.45) is 3.72. The van der Waals surface area contributed by atoms with Crippen molar-refractivity contribution in [2.24, 2.45) is 0 Å². The second-order valence-electron chi connectivity index (χ2n) is 5.52. The minimum Gasteiger partial charge on any atom is -0.505 e. The van der Waals surface area contributed by atoms with Crippen molar-refractivity contribution < 1.29 is 5.11 Å². The standard InChI is InChI=1S/C20H16N2O/c1-13-11-14(2)20(23)19-18(13)10-9-17(22-19)8-7-15-5-3-4-6-16(15)12-21/h3-11,23H,1-2H3. The molecule has 1 N–H and O–H groups in total. The zero-order chi connectivity index (χ0) is 16.4. The van der Waals surface area contributed by atoms with Crippen LogP contribution in [-0.4, -0.2) is 10.1 Å². The molecular weight excluding hydrogens is 284 g/mol. The largest absolute Gasteiger partial charge is 0.505 e. The molecule has 3 rings (SSSR count). The number of pyridine rings is 1. The Morgan fingerprint density at radius 2 is 1.83 bits per heavy atom. The normalized spacial score (nSPS) is 11.0. The molecule has 3 aromatic rings. The van der Waals surface area contributed by atoms with Gasteiger partial charge in [-0.2, -0.15) is 5.26 Å². The van der Waals surface area contributed by atoms with E-state index < -0.39 is 0 Å². The van der Waals surface area contributed by atoms with Crippen molar-refractivity contribution in [1.82, 2.24) is 4.98 Å². The number of hydrogen-bond acceptors (Lipinski definition) is 3. The molecule has 23 heavy (non-hydrogen) atoms. The number of phenolic OH excluding ortho intramolecular Hbond substituents is 1. The van der Waals surface area contributed by atoms with Crippen LogP contribution in [0, 0.1) is 25.2 Å². The van der Waals surface area contributed by atoms with E-state index in [1.807, 2.05) is 62.4 Å². The summed E-state index contributed by atoms with van der Waals surface area (Å²) in [7, 11) is 0. The van der Waals surface area contributed by atoms with E-state index in [0.717, 1.165) is 27.8 Å². The number of phenols is 1. The molecule has 0 amide bonds. The van der Waals surface area contributed by atoms with Gasteiger partial charge in [0.05, 0.1) is 17.3 Å². The first kappa shape index (κ1) is 14.8. The van der Waals surface area contributed by atoms with Crippen LogP contribution in [-0.2, 0) is 0 Å². The van der Waals surface area contributed by atoms with E-state index in [-0.39, 0.29) is 5.75 Å². The summed E-state index contributed by atoms with van der Waals surface area (Å²) >= 11 is 0. The quantitative estimate of drug-likeness (QED) is 0.752. The van der Waals surface area contributed by atoms with Crippen molar-refractivity contribution in [3.63, 3.8) is 0 Å². The summed E-state index contributed by atoms with van der Waals surface area (Å²) in [4.78, 5) is 4.55. The Bertz CT molecular complexity index is 965. The molecule has 2 aromatic carbocycles. The number of aryl methyl sites for hydroxylation is 2. The van der Waals surface area contributed by atoms with Crippen LogP contribution < -0.4 is 0 Å². The third-order valence-electron chi connectivity index (χ3n) is 3.89. The molecule has 1 heterocycles. The number of benzene rings is 2. The molecule has 0 saturated carbocycles. The summed E-state index contributed by atoms with van der Waals surface area (Å²) in [6.45, 7) is 3.88. The number of aromatic nitrogens is 1. The van der Waals surface area contributed by atoms with Crippen molar-refractivity contribution >= 4 is 23.1 Å². The van der Waals surface area contributed by atoms with Gasteiger partial charge >= 0.3 is 0 Å². The summed E-state index contributed by atoms with van der Waals surface area (Å²) in [5.74, 6) is 0.221. The molecule has 112 valence electrons. The van der Waals surface area contributed by atoms with E-state index in [9.17, 15) is 5.11 Å².